The van der Waals surface area contributed by atoms with Gasteiger partial charge in [0.05, 0.1) is 17.9 Å². The van der Waals surface area contributed by atoms with Crippen LogP contribution >= 0.6 is 12.4 Å². The number of halogens is 1. The normalized spacial score (nSPS) is 15.8. The molecule has 1 saturated carbocycles. The number of nitrogens with two attached hydrogens (primary N) is 1. The Hall–Kier alpha value is -1.63. The Balaban J connectivity index is 0.00000120. The molecule has 0 aliphatic heterocycles. The van der Waals surface area contributed by atoms with Crippen LogP contribution in [0.5, 0.6) is 0 Å². The Morgan fingerprint density at radius 2 is 2.11 bits per heavy atom. The second-order valence-corrected chi connectivity index (χ2v) is 4.45. The van der Waals surface area contributed by atoms with Gasteiger partial charge in [-0.05, 0) is 23.3 Å². The van der Waals surface area contributed by atoms with Gasteiger partial charge in [0.2, 0.25) is 0 Å². The van der Waals surface area contributed by atoms with Crippen LogP contribution in [0, 0.1) is 0 Å². The lowest BCUT2D eigenvalue weighted by molar-refractivity contribution is 0.429. The molecular formula is C10H16ClN7. The first-order valence-electron chi connectivity index (χ1n) is 5.87. The van der Waals surface area contributed by atoms with Crippen molar-refractivity contribution in [2.75, 3.05) is 5.73 Å². The van der Waals surface area contributed by atoms with Crippen molar-refractivity contribution in [3.8, 4) is 0 Å². The summed E-state index contributed by atoms with van der Waals surface area (Å²) in [6.07, 6.45) is 8.27. The number of nitrogen functional groups attached to an aromatic ring is 1. The average molecular weight is 270 g/mol. The van der Waals surface area contributed by atoms with Gasteiger partial charge in [-0.25, -0.2) is 4.68 Å². The summed E-state index contributed by atoms with van der Waals surface area (Å²) in [5.41, 5.74) is 6.28. The highest BCUT2D eigenvalue weighted by Gasteiger charge is 2.21. The third-order valence-electron chi connectivity index (χ3n) is 3.19. The van der Waals surface area contributed by atoms with E-state index in [9.17, 15) is 0 Å². The molecule has 2 aromatic heterocycles. The second kappa shape index (κ2) is 5.34. The highest BCUT2D eigenvalue weighted by atomic mass is 35.5. The van der Waals surface area contributed by atoms with Gasteiger partial charge in [0.1, 0.15) is 6.54 Å². The predicted octanol–water partition coefficient (Wildman–Crippen LogP) is 1.04. The van der Waals surface area contributed by atoms with Gasteiger partial charge in [-0.3, -0.25) is 4.68 Å². The molecule has 1 fully saturated rings. The van der Waals surface area contributed by atoms with Crippen LogP contribution in [0.4, 0.5) is 5.69 Å². The van der Waals surface area contributed by atoms with E-state index >= 15 is 0 Å². The number of hydrogen-bond donors (Lipinski definition) is 1. The summed E-state index contributed by atoms with van der Waals surface area (Å²) in [5, 5.41) is 16.1. The quantitative estimate of drug-likeness (QED) is 0.899. The van der Waals surface area contributed by atoms with Crippen LogP contribution in [-0.2, 0) is 6.54 Å². The van der Waals surface area contributed by atoms with E-state index in [2.05, 4.69) is 20.6 Å². The van der Waals surface area contributed by atoms with Crippen molar-refractivity contribution in [1.82, 2.24) is 30.0 Å². The molecule has 0 amide bonds. The zero-order chi connectivity index (χ0) is 11.7. The summed E-state index contributed by atoms with van der Waals surface area (Å²) in [4.78, 5) is 0. The number of aromatic nitrogens is 6. The molecule has 3 rings (SSSR count). The Morgan fingerprint density at radius 3 is 2.78 bits per heavy atom. The molecule has 0 saturated heterocycles. The first kappa shape index (κ1) is 12.8. The van der Waals surface area contributed by atoms with Gasteiger partial charge in [0, 0.05) is 6.20 Å². The smallest absolute Gasteiger partial charge is 0.173 e. The lowest BCUT2D eigenvalue weighted by Crippen LogP contribution is -2.14. The Morgan fingerprint density at radius 1 is 1.33 bits per heavy atom. The van der Waals surface area contributed by atoms with E-state index in [1.807, 2.05) is 4.68 Å². The zero-order valence-electron chi connectivity index (χ0n) is 9.94. The van der Waals surface area contributed by atoms with Crippen LogP contribution in [0.1, 0.15) is 37.5 Å². The maximum atomic E-state index is 5.63. The van der Waals surface area contributed by atoms with Crippen molar-refractivity contribution < 1.29 is 0 Å². The van der Waals surface area contributed by atoms with Crippen LogP contribution in [-0.4, -0.2) is 30.0 Å². The minimum absolute atomic E-state index is 0. The van der Waals surface area contributed by atoms with E-state index in [1.165, 1.54) is 25.7 Å². The topological polar surface area (TPSA) is 87.4 Å². The van der Waals surface area contributed by atoms with Gasteiger partial charge in [-0.1, -0.05) is 12.8 Å². The molecule has 7 nitrogen and oxygen atoms in total. The van der Waals surface area contributed by atoms with E-state index in [0.29, 0.717) is 18.3 Å². The molecule has 0 radical (unpaired) electrons. The van der Waals surface area contributed by atoms with Crippen LogP contribution < -0.4 is 5.73 Å². The molecule has 2 N–H and O–H groups in total. The van der Waals surface area contributed by atoms with Crippen molar-refractivity contribution in [2.24, 2.45) is 0 Å². The summed E-state index contributed by atoms with van der Waals surface area (Å²) in [6.45, 7) is 0.570. The molecule has 18 heavy (non-hydrogen) atoms. The van der Waals surface area contributed by atoms with Crippen LogP contribution in [0.2, 0.25) is 0 Å². The molecule has 0 bridgehead atoms. The average Bonchev–Trinajstić information content (AvgIpc) is 3.00. The predicted molar refractivity (Wildman–Crippen MR) is 68.3 cm³/mol. The maximum absolute atomic E-state index is 5.63. The fourth-order valence-corrected chi connectivity index (χ4v) is 2.36. The first-order valence-corrected chi connectivity index (χ1v) is 5.87. The van der Waals surface area contributed by atoms with E-state index in [1.54, 1.807) is 17.1 Å². The number of nitrogens with zero attached hydrogens (tertiary/aromatic N) is 6. The van der Waals surface area contributed by atoms with Gasteiger partial charge in [-0.2, -0.15) is 5.10 Å². The molecule has 2 heterocycles. The standard InChI is InChI=1S/C10H15N7.ClH/c11-8-5-12-16(6-8)7-10-13-14-15-17(10)9-3-1-2-4-9;/h5-6,9H,1-4,7,11H2;1H. The molecule has 8 heteroatoms. The molecule has 1 aliphatic rings. The number of tetrazole rings is 1. The number of anilines is 1. The van der Waals surface area contributed by atoms with E-state index in [-0.39, 0.29) is 12.4 Å². The van der Waals surface area contributed by atoms with E-state index in [0.717, 1.165) is 5.82 Å². The van der Waals surface area contributed by atoms with E-state index in [4.69, 9.17) is 5.73 Å². The lowest BCUT2D eigenvalue weighted by atomic mass is 10.2. The van der Waals surface area contributed by atoms with Crippen molar-refractivity contribution in [3.63, 3.8) is 0 Å². The molecule has 0 aromatic carbocycles. The summed E-state index contributed by atoms with van der Waals surface area (Å²) in [6, 6.07) is 0.452. The number of hydrogen-bond acceptors (Lipinski definition) is 5. The van der Waals surface area contributed by atoms with Crippen molar-refractivity contribution in [2.45, 2.75) is 38.3 Å². The number of rotatable bonds is 3. The minimum Gasteiger partial charge on any atom is -0.396 e. The first-order chi connectivity index (χ1) is 8.33. The molecule has 0 unspecified atom stereocenters. The van der Waals surface area contributed by atoms with Crippen LogP contribution in [0.15, 0.2) is 12.4 Å². The third-order valence-corrected chi connectivity index (χ3v) is 3.19. The molecule has 0 spiro atoms. The second-order valence-electron chi connectivity index (χ2n) is 4.45. The van der Waals surface area contributed by atoms with Gasteiger partial charge in [0.25, 0.3) is 0 Å². The molecule has 98 valence electrons. The maximum Gasteiger partial charge on any atom is 0.173 e. The SMILES string of the molecule is Cl.Nc1cnn(Cc2nnnn2C2CCCC2)c1. The van der Waals surface area contributed by atoms with Crippen molar-refractivity contribution >= 4 is 18.1 Å². The summed E-state index contributed by atoms with van der Waals surface area (Å²) in [7, 11) is 0. The Bertz CT molecular complexity index is 500. The largest absolute Gasteiger partial charge is 0.396 e. The zero-order valence-corrected chi connectivity index (χ0v) is 10.8. The van der Waals surface area contributed by atoms with Crippen molar-refractivity contribution in [3.05, 3.63) is 18.2 Å². The lowest BCUT2D eigenvalue weighted by Gasteiger charge is -2.10. The summed E-state index contributed by atoms with van der Waals surface area (Å²) in [5.74, 6) is 0.847. The Labute approximate surface area is 111 Å². The fraction of sp³-hybridized carbons (Fsp3) is 0.600. The summed E-state index contributed by atoms with van der Waals surface area (Å²) >= 11 is 0. The van der Waals surface area contributed by atoms with Gasteiger partial charge < -0.3 is 5.73 Å². The summed E-state index contributed by atoms with van der Waals surface area (Å²) < 4.78 is 3.69. The van der Waals surface area contributed by atoms with Crippen LogP contribution in [0.3, 0.4) is 0 Å². The molecular weight excluding hydrogens is 254 g/mol. The van der Waals surface area contributed by atoms with Crippen LogP contribution in [0.25, 0.3) is 0 Å². The molecule has 0 atom stereocenters. The van der Waals surface area contributed by atoms with Gasteiger partial charge in [-0.15, -0.1) is 17.5 Å². The minimum atomic E-state index is 0. The van der Waals surface area contributed by atoms with E-state index < -0.39 is 0 Å². The third kappa shape index (κ3) is 2.45. The Kier molecular flexibility index (Phi) is 3.81. The fourth-order valence-electron chi connectivity index (χ4n) is 2.36. The van der Waals surface area contributed by atoms with Gasteiger partial charge in [0.15, 0.2) is 5.82 Å². The van der Waals surface area contributed by atoms with Crippen molar-refractivity contribution in [1.29, 1.82) is 0 Å². The van der Waals surface area contributed by atoms with Gasteiger partial charge >= 0.3 is 0 Å². The molecule has 1 aliphatic carbocycles. The highest BCUT2D eigenvalue weighted by molar-refractivity contribution is 5.85. The molecule has 2 aromatic rings. The highest BCUT2D eigenvalue weighted by Crippen LogP contribution is 2.29. The monoisotopic (exact) mass is 269 g/mol.